The fraction of sp³-hybridized carbons (Fsp3) is 0.333. The molecule has 7 heteroatoms. The van der Waals surface area contributed by atoms with Crippen LogP contribution in [0.4, 0.5) is 0 Å². The van der Waals surface area contributed by atoms with E-state index in [1.54, 1.807) is 29.2 Å². The van der Waals surface area contributed by atoms with Crippen molar-refractivity contribution in [2.75, 3.05) is 6.61 Å². The van der Waals surface area contributed by atoms with Crippen LogP contribution in [0.1, 0.15) is 44.2 Å². The van der Waals surface area contributed by atoms with Gasteiger partial charge < -0.3 is 15.0 Å². The van der Waals surface area contributed by atoms with E-state index in [9.17, 15) is 9.59 Å². The third-order valence-corrected chi connectivity index (χ3v) is 6.88. The van der Waals surface area contributed by atoms with Gasteiger partial charge in [0.05, 0.1) is 6.61 Å². The number of benzene rings is 3. The van der Waals surface area contributed by atoms with Crippen LogP contribution >= 0.6 is 27.5 Å². The third kappa shape index (κ3) is 9.52. The molecule has 0 fully saturated rings. The van der Waals surface area contributed by atoms with E-state index in [0.717, 1.165) is 22.0 Å². The van der Waals surface area contributed by atoms with E-state index in [1.165, 1.54) is 0 Å². The first kappa shape index (κ1) is 28.7. The van der Waals surface area contributed by atoms with Gasteiger partial charge in [0.25, 0.3) is 0 Å². The number of nitrogens with one attached hydrogen (secondary N) is 1. The van der Waals surface area contributed by atoms with Gasteiger partial charge in [-0.15, -0.1) is 0 Å². The number of nitrogens with zero attached hydrogens (tertiary/aromatic N) is 1. The predicted molar refractivity (Wildman–Crippen MR) is 153 cm³/mol. The molecule has 5 nitrogen and oxygen atoms in total. The highest BCUT2D eigenvalue weighted by Crippen LogP contribution is 2.20. The van der Waals surface area contributed by atoms with Crippen LogP contribution in [0.15, 0.2) is 83.3 Å². The van der Waals surface area contributed by atoms with Gasteiger partial charge in [0.15, 0.2) is 0 Å². The van der Waals surface area contributed by atoms with Crippen LogP contribution in [0.3, 0.4) is 0 Å². The monoisotopic (exact) mass is 584 g/mol. The van der Waals surface area contributed by atoms with Crippen molar-refractivity contribution in [3.05, 3.63) is 99.5 Å². The van der Waals surface area contributed by atoms with Gasteiger partial charge in [0.1, 0.15) is 11.8 Å². The second-order valence-electron chi connectivity index (χ2n) is 9.08. The molecule has 0 heterocycles. The van der Waals surface area contributed by atoms with Crippen molar-refractivity contribution < 1.29 is 14.3 Å². The van der Waals surface area contributed by atoms with Gasteiger partial charge >= 0.3 is 0 Å². The van der Waals surface area contributed by atoms with Gasteiger partial charge in [-0.3, -0.25) is 9.59 Å². The maximum absolute atomic E-state index is 13.6. The normalized spacial score (nSPS) is 12.4. The zero-order chi connectivity index (χ0) is 26.6. The smallest absolute Gasteiger partial charge is 0.243 e. The molecule has 0 aliphatic heterocycles. The van der Waals surface area contributed by atoms with Gasteiger partial charge in [-0.25, -0.2) is 0 Å². The molecule has 37 heavy (non-hydrogen) atoms. The van der Waals surface area contributed by atoms with Crippen molar-refractivity contribution >= 4 is 39.3 Å². The zero-order valence-electron chi connectivity index (χ0n) is 21.3. The van der Waals surface area contributed by atoms with Crippen LogP contribution in [0.5, 0.6) is 5.75 Å². The van der Waals surface area contributed by atoms with Crippen molar-refractivity contribution in [3.8, 4) is 5.75 Å². The number of carbonyl (C=O) groups is 2. The third-order valence-electron chi connectivity index (χ3n) is 6.13. The van der Waals surface area contributed by atoms with E-state index in [0.29, 0.717) is 36.8 Å². The highest BCUT2D eigenvalue weighted by atomic mass is 79.9. The molecule has 0 bridgehead atoms. The minimum absolute atomic E-state index is 0.0152. The standard InChI is InChI=1S/C30H34BrClN2O3/c1-3-22(2)33-30(36)28(20-23-9-5-4-6-10-23)34(21-24-11-7-12-25(31)19-24)29(35)13-8-18-37-27-16-14-26(32)15-17-27/h4-7,9-12,14-17,19,22,28H,3,8,13,18,20-21H2,1-2H3,(H,33,36)/t22-,28+/m0/s1. The topological polar surface area (TPSA) is 58.6 Å². The maximum Gasteiger partial charge on any atom is 0.243 e. The minimum Gasteiger partial charge on any atom is -0.494 e. The van der Waals surface area contributed by atoms with E-state index in [1.807, 2.05) is 68.4 Å². The molecule has 196 valence electrons. The highest BCUT2D eigenvalue weighted by molar-refractivity contribution is 9.10. The Bertz CT molecular complexity index is 1140. The molecule has 2 atom stereocenters. The van der Waals surface area contributed by atoms with Gasteiger partial charge in [-0.05, 0) is 67.3 Å². The first-order valence-corrected chi connectivity index (χ1v) is 13.8. The van der Waals surface area contributed by atoms with Crippen molar-refractivity contribution in [1.29, 1.82) is 0 Å². The molecule has 0 aliphatic rings. The van der Waals surface area contributed by atoms with Crippen LogP contribution in [0.25, 0.3) is 0 Å². The molecule has 0 radical (unpaired) electrons. The van der Waals surface area contributed by atoms with E-state index >= 15 is 0 Å². The first-order chi connectivity index (χ1) is 17.9. The second kappa shape index (κ2) is 14.8. The summed E-state index contributed by atoms with van der Waals surface area (Å²) >= 11 is 9.46. The molecule has 0 saturated carbocycles. The Labute approximate surface area is 233 Å². The molecule has 0 saturated heterocycles. The Balaban J connectivity index is 1.79. The summed E-state index contributed by atoms with van der Waals surface area (Å²) in [5.41, 5.74) is 1.96. The Morgan fingerprint density at radius 2 is 1.70 bits per heavy atom. The minimum atomic E-state index is -0.639. The fourth-order valence-corrected chi connectivity index (χ4v) is 4.49. The lowest BCUT2D eigenvalue weighted by Gasteiger charge is -2.32. The zero-order valence-corrected chi connectivity index (χ0v) is 23.7. The Morgan fingerprint density at radius 1 is 1.00 bits per heavy atom. The van der Waals surface area contributed by atoms with E-state index in [2.05, 4.69) is 21.2 Å². The van der Waals surface area contributed by atoms with Crippen molar-refractivity contribution in [2.24, 2.45) is 0 Å². The molecular weight excluding hydrogens is 552 g/mol. The lowest BCUT2D eigenvalue weighted by molar-refractivity contribution is -0.141. The van der Waals surface area contributed by atoms with Gasteiger partial charge in [0, 0.05) is 34.9 Å². The summed E-state index contributed by atoms with van der Waals surface area (Å²) in [6.07, 6.45) is 2.04. The molecule has 3 rings (SSSR count). The predicted octanol–water partition coefficient (Wildman–Crippen LogP) is 6.82. The maximum atomic E-state index is 13.6. The van der Waals surface area contributed by atoms with Crippen LogP contribution in [0, 0.1) is 0 Å². The Kier molecular flexibility index (Phi) is 11.5. The largest absolute Gasteiger partial charge is 0.494 e. The summed E-state index contributed by atoms with van der Waals surface area (Å²) < 4.78 is 6.71. The average molecular weight is 586 g/mol. The summed E-state index contributed by atoms with van der Waals surface area (Å²) in [5.74, 6) is 0.483. The van der Waals surface area contributed by atoms with E-state index in [4.69, 9.17) is 16.3 Å². The number of halogens is 2. The van der Waals surface area contributed by atoms with Crippen LogP contribution in [0.2, 0.25) is 5.02 Å². The van der Waals surface area contributed by atoms with E-state index < -0.39 is 6.04 Å². The Hall–Kier alpha value is -2.83. The van der Waals surface area contributed by atoms with Gasteiger partial charge in [-0.2, -0.15) is 0 Å². The average Bonchev–Trinajstić information content (AvgIpc) is 2.90. The van der Waals surface area contributed by atoms with Crippen molar-refractivity contribution in [1.82, 2.24) is 10.2 Å². The SMILES string of the molecule is CC[C@H](C)NC(=O)[C@@H](Cc1ccccc1)N(Cc1cccc(Br)c1)C(=O)CCCOc1ccc(Cl)cc1. The number of ether oxygens (including phenoxy) is 1. The van der Waals surface area contributed by atoms with Gasteiger partial charge in [-0.1, -0.05) is 76.9 Å². The summed E-state index contributed by atoms with van der Waals surface area (Å²) in [6, 6.07) is 24.2. The summed E-state index contributed by atoms with van der Waals surface area (Å²) in [4.78, 5) is 28.9. The number of hydrogen-bond acceptors (Lipinski definition) is 3. The lowest BCUT2D eigenvalue weighted by Crippen LogP contribution is -2.52. The van der Waals surface area contributed by atoms with Crippen molar-refractivity contribution in [2.45, 2.75) is 58.2 Å². The molecule has 1 N–H and O–H groups in total. The Morgan fingerprint density at radius 3 is 2.38 bits per heavy atom. The van der Waals surface area contributed by atoms with E-state index in [-0.39, 0.29) is 24.3 Å². The number of hydrogen-bond donors (Lipinski definition) is 1. The summed E-state index contributed by atoms with van der Waals surface area (Å²) in [6.45, 7) is 4.73. The summed E-state index contributed by atoms with van der Waals surface area (Å²) in [7, 11) is 0. The van der Waals surface area contributed by atoms with Crippen LogP contribution in [-0.4, -0.2) is 35.4 Å². The molecular formula is C30H34BrClN2O3. The molecule has 0 unspecified atom stereocenters. The quantitative estimate of drug-likeness (QED) is 0.224. The highest BCUT2D eigenvalue weighted by Gasteiger charge is 2.30. The number of amides is 2. The van der Waals surface area contributed by atoms with Crippen LogP contribution < -0.4 is 10.1 Å². The molecule has 3 aromatic rings. The molecule has 0 aromatic heterocycles. The fourth-order valence-electron chi connectivity index (χ4n) is 3.91. The number of rotatable bonds is 13. The van der Waals surface area contributed by atoms with Crippen LogP contribution in [-0.2, 0) is 22.6 Å². The molecule has 0 spiro atoms. The van der Waals surface area contributed by atoms with Gasteiger partial charge in [0.2, 0.25) is 11.8 Å². The van der Waals surface area contributed by atoms with Crippen molar-refractivity contribution in [3.63, 3.8) is 0 Å². The number of carbonyl (C=O) groups excluding carboxylic acids is 2. The second-order valence-corrected chi connectivity index (χ2v) is 10.4. The first-order valence-electron chi connectivity index (χ1n) is 12.6. The molecule has 3 aromatic carbocycles. The molecule has 0 aliphatic carbocycles. The lowest BCUT2D eigenvalue weighted by atomic mass is 10.0. The molecule has 2 amide bonds. The summed E-state index contributed by atoms with van der Waals surface area (Å²) in [5, 5.41) is 3.74.